The van der Waals surface area contributed by atoms with Gasteiger partial charge in [0.2, 0.25) is 26.3 Å². The summed E-state index contributed by atoms with van der Waals surface area (Å²) in [6.07, 6.45) is 0.872. The largest absolute Gasteiger partial charge is 0.428 e. The molecule has 0 spiro atoms. The minimum atomic E-state index is -1.21. The Bertz CT molecular complexity index is 750. The van der Waals surface area contributed by atoms with Crippen molar-refractivity contribution in [1.82, 2.24) is 10.2 Å². The number of esters is 6. The third-order valence-electron chi connectivity index (χ3n) is 4.08. The van der Waals surface area contributed by atoms with Gasteiger partial charge < -0.3 is 33.7 Å². The van der Waals surface area contributed by atoms with Crippen molar-refractivity contribution in [3.63, 3.8) is 0 Å². The summed E-state index contributed by atoms with van der Waals surface area (Å²) in [4.78, 5) is 82.0. The van der Waals surface area contributed by atoms with Crippen LogP contribution < -0.4 is 5.32 Å². The van der Waals surface area contributed by atoms with E-state index >= 15 is 0 Å². The zero-order valence-electron chi connectivity index (χ0n) is 20.7. The van der Waals surface area contributed by atoms with Crippen LogP contribution in [0.5, 0.6) is 0 Å². The Balaban J connectivity index is 5.48. The van der Waals surface area contributed by atoms with Crippen molar-refractivity contribution in [2.75, 3.05) is 40.0 Å². The normalized spacial score (nSPS) is 11.0. The molecule has 0 saturated heterocycles. The van der Waals surface area contributed by atoms with Gasteiger partial charge in [-0.1, -0.05) is 0 Å². The Morgan fingerprint density at radius 3 is 1.50 bits per heavy atom. The number of ether oxygens (including phenoxy) is 6. The van der Waals surface area contributed by atoms with E-state index in [1.807, 2.05) is 0 Å². The van der Waals surface area contributed by atoms with E-state index in [-0.39, 0.29) is 12.3 Å². The molecule has 0 fully saturated rings. The van der Waals surface area contributed by atoms with Crippen molar-refractivity contribution in [1.29, 1.82) is 0 Å². The lowest BCUT2D eigenvalue weighted by Crippen LogP contribution is -2.48. The minimum absolute atomic E-state index is 0.0624. The second kappa shape index (κ2) is 18.6. The quantitative estimate of drug-likeness (QED) is 0.108. The van der Waals surface area contributed by atoms with Crippen molar-refractivity contribution in [3.8, 4) is 0 Å². The van der Waals surface area contributed by atoms with Crippen LogP contribution in [0.25, 0.3) is 0 Å². The first-order chi connectivity index (χ1) is 16.9. The van der Waals surface area contributed by atoms with Crippen molar-refractivity contribution >= 4 is 41.7 Å². The average molecular weight is 520 g/mol. The molecule has 0 heterocycles. The van der Waals surface area contributed by atoms with Gasteiger partial charge in [-0.05, 0) is 19.3 Å². The van der Waals surface area contributed by atoms with Gasteiger partial charge in [-0.2, -0.15) is 0 Å². The number of unbranched alkanes of at least 4 members (excludes halogenated alkanes) is 1. The lowest BCUT2D eigenvalue weighted by atomic mass is 10.1. The van der Waals surface area contributed by atoms with Crippen molar-refractivity contribution < 1.29 is 62.0 Å². The van der Waals surface area contributed by atoms with Gasteiger partial charge in [-0.3, -0.25) is 38.5 Å². The molecule has 0 aliphatic heterocycles. The fraction of sp³-hybridized carbons (Fsp3) is 0.667. The van der Waals surface area contributed by atoms with E-state index < -0.39 is 75.3 Å². The topological polar surface area (TPSA) is 190 Å². The first-order valence-electron chi connectivity index (χ1n) is 10.8. The molecule has 0 saturated carbocycles. The Kier molecular flexibility index (Phi) is 16.6. The maximum absolute atomic E-state index is 12.7. The molecule has 0 aromatic carbocycles. The van der Waals surface area contributed by atoms with Crippen LogP contribution in [-0.2, 0) is 62.0 Å². The van der Waals surface area contributed by atoms with Crippen LogP contribution in [0.2, 0.25) is 0 Å². The first-order valence-corrected chi connectivity index (χ1v) is 10.8. The highest BCUT2D eigenvalue weighted by Crippen LogP contribution is 2.12. The van der Waals surface area contributed by atoms with Gasteiger partial charge in [-0.15, -0.1) is 0 Å². The monoisotopic (exact) mass is 520 g/mol. The van der Waals surface area contributed by atoms with Crippen molar-refractivity contribution in [3.05, 3.63) is 0 Å². The molecule has 0 rings (SSSR count). The Morgan fingerprint density at radius 2 is 1.08 bits per heavy atom. The van der Waals surface area contributed by atoms with Crippen LogP contribution in [0, 0.1) is 0 Å². The molecule has 1 atom stereocenters. The van der Waals surface area contributed by atoms with E-state index in [0.29, 0.717) is 19.4 Å². The molecule has 1 amide bonds. The summed E-state index contributed by atoms with van der Waals surface area (Å²) in [7, 11) is 0. The van der Waals surface area contributed by atoms with E-state index in [0.717, 1.165) is 25.7 Å². The van der Waals surface area contributed by atoms with E-state index in [9.17, 15) is 33.6 Å². The van der Waals surface area contributed by atoms with Gasteiger partial charge in [0.1, 0.15) is 6.04 Å². The molecule has 0 radical (unpaired) electrons. The maximum atomic E-state index is 12.7. The summed E-state index contributed by atoms with van der Waals surface area (Å²) < 4.78 is 28.2. The summed E-state index contributed by atoms with van der Waals surface area (Å²) in [6.45, 7) is 1.68. The second-order valence-electron chi connectivity index (χ2n) is 7.16. The average Bonchev–Trinajstić information content (AvgIpc) is 2.74. The molecular formula is C21H32N2O13. The van der Waals surface area contributed by atoms with Crippen LogP contribution in [0.4, 0.5) is 0 Å². The smallest absolute Gasteiger partial charge is 0.326 e. The van der Waals surface area contributed by atoms with E-state index in [2.05, 4.69) is 19.5 Å². The summed E-state index contributed by atoms with van der Waals surface area (Å²) in [5.74, 6) is -5.13. The predicted molar refractivity (Wildman–Crippen MR) is 116 cm³/mol. The van der Waals surface area contributed by atoms with Crippen molar-refractivity contribution in [2.24, 2.45) is 0 Å². The van der Waals surface area contributed by atoms with Crippen LogP contribution in [-0.4, -0.2) is 92.7 Å². The Labute approximate surface area is 207 Å². The van der Waals surface area contributed by atoms with Crippen LogP contribution in [0.15, 0.2) is 0 Å². The molecule has 0 aliphatic rings. The van der Waals surface area contributed by atoms with Gasteiger partial charge in [0.05, 0.1) is 13.1 Å². The molecule has 0 aliphatic carbocycles. The number of rotatable bonds is 17. The third-order valence-corrected chi connectivity index (χ3v) is 4.08. The zero-order chi connectivity index (χ0) is 27.5. The summed E-state index contributed by atoms with van der Waals surface area (Å²) >= 11 is 0. The van der Waals surface area contributed by atoms with Gasteiger partial charge in [-0.25, -0.2) is 0 Å². The lowest BCUT2D eigenvalue weighted by Gasteiger charge is -2.28. The standard InChI is InChI=1S/C21H32N2O13/c1-14(24)22-8-6-5-7-18(21(30)36-13-33-17(4)27)23(9-19(28)34-11-31-15(2)25)10-20(29)35-12-32-16(3)26/h18H,5-13H2,1-4H3,(H,22,24). The van der Waals surface area contributed by atoms with Gasteiger partial charge in [0, 0.05) is 34.2 Å². The molecular weight excluding hydrogens is 488 g/mol. The molecule has 1 unspecified atom stereocenters. The molecule has 15 heteroatoms. The van der Waals surface area contributed by atoms with E-state index in [1.54, 1.807) is 0 Å². The second-order valence-corrected chi connectivity index (χ2v) is 7.16. The van der Waals surface area contributed by atoms with Crippen LogP contribution in [0.1, 0.15) is 47.0 Å². The highest BCUT2D eigenvalue weighted by molar-refractivity contribution is 5.80. The number of carbonyl (C=O) groups excluding carboxylic acids is 7. The number of carbonyl (C=O) groups is 7. The van der Waals surface area contributed by atoms with E-state index in [1.165, 1.54) is 6.92 Å². The zero-order valence-corrected chi connectivity index (χ0v) is 20.7. The Hall–Kier alpha value is -3.75. The fourth-order valence-electron chi connectivity index (χ4n) is 2.50. The molecule has 0 aromatic rings. The van der Waals surface area contributed by atoms with E-state index in [4.69, 9.17) is 14.2 Å². The number of nitrogens with zero attached hydrogens (tertiary/aromatic N) is 1. The maximum Gasteiger partial charge on any atom is 0.326 e. The first kappa shape index (κ1) is 32.2. The molecule has 1 N–H and O–H groups in total. The molecule has 0 aromatic heterocycles. The number of nitrogens with one attached hydrogen (secondary N) is 1. The third kappa shape index (κ3) is 17.7. The van der Waals surface area contributed by atoms with Gasteiger partial charge >= 0.3 is 35.8 Å². The minimum Gasteiger partial charge on any atom is -0.428 e. The highest BCUT2D eigenvalue weighted by atomic mass is 16.7. The fourth-order valence-corrected chi connectivity index (χ4v) is 2.50. The molecule has 15 nitrogen and oxygen atoms in total. The van der Waals surface area contributed by atoms with Crippen LogP contribution in [0.3, 0.4) is 0 Å². The van der Waals surface area contributed by atoms with Gasteiger partial charge in [0.15, 0.2) is 0 Å². The Morgan fingerprint density at radius 1 is 0.639 bits per heavy atom. The molecule has 204 valence electrons. The summed E-state index contributed by atoms with van der Waals surface area (Å²) in [5, 5.41) is 2.60. The summed E-state index contributed by atoms with van der Waals surface area (Å²) in [6, 6.07) is -1.21. The SMILES string of the molecule is CC(=O)NCCCCC(C(=O)OCOC(C)=O)N(CC(=O)OCOC(C)=O)CC(=O)OCOC(C)=O. The number of hydrogen-bond acceptors (Lipinski definition) is 14. The highest BCUT2D eigenvalue weighted by Gasteiger charge is 2.31. The van der Waals surface area contributed by atoms with Gasteiger partial charge in [0.25, 0.3) is 0 Å². The molecule has 36 heavy (non-hydrogen) atoms. The summed E-state index contributed by atoms with van der Waals surface area (Å²) in [5.41, 5.74) is 0. The lowest BCUT2D eigenvalue weighted by molar-refractivity contribution is -0.172. The van der Waals surface area contributed by atoms with Crippen LogP contribution >= 0.6 is 0 Å². The van der Waals surface area contributed by atoms with Crippen molar-refractivity contribution in [2.45, 2.75) is 53.0 Å². The number of hydrogen-bond donors (Lipinski definition) is 1. The number of amides is 1. The predicted octanol–water partition coefficient (Wildman–Crippen LogP) is -0.845. The molecule has 0 bridgehead atoms.